The molecule has 0 fully saturated rings. The molecule has 15 heavy (non-hydrogen) atoms. The van der Waals surface area contributed by atoms with Gasteiger partial charge in [0.1, 0.15) is 0 Å². The van der Waals surface area contributed by atoms with Gasteiger partial charge >= 0.3 is 0 Å². The van der Waals surface area contributed by atoms with E-state index in [0.717, 1.165) is 10.6 Å². The van der Waals surface area contributed by atoms with Gasteiger partial charge in [-0.2, -0.15) is 0 Å². The van der Waals surface area contributed by atoms with Crippen LogP contribution >= 0.6 is 11.6 Å². The molecular weight excluding hydrogens is 208 g/mol. The molecule has 0 aliphatic heterocycles. The molecule has 1 rings (SSSR count). The van der Waals surface area contributed by atoms with Crippen molar-refractivity contribution in [1.29, 1.82) is 0 Å². The molecule has 0 atom stereocenters. The Morgan fingerprint density at radius 1 is 1.27 bits per heavy atom. The van der Waals surface area contributed by atoms with Crippen LogP contribution in [-0.4, -0.2) is 11.4 Å². The van der Waals surface area contributed by atoms with E-state index in [0.29, 0.717) is 12.3 Å². The first-order chi connectivity index (χ1) is 6.87. The van der Waals surface area contributed by atoms with Gasteiger partial charge in [0.25, 0.3) is 0 Å². The number of amidine groups is 1. The average Bonchev–Trinajstić information content (AvgIpc) is 2.05. The molecule has 0 amide bonds. The number of benzene rings is 1. The fourth-order valence-electron chi connectivity index (χ4n) is 1.28. The number of hydrogen-bond acceptors (Lipinski definition) is 1. The third kappa shape index (κ3) is 4.84. The van der Waals surface area contributed by atoms with Gasteiger partial charge < -0.3 is 5.73 Å². The van der Waals surface area contributed by atoms with E-state index >= 15 is 0 Å². The Kier molecular flexibility index (Phi) is 3.75. The lowest BCUT2D eigenvalue weighted by Crippen LogP contribution is -2.22. The van der Waals surface area contributed by atoms with Crippen molar-refractivity contribution in [2.24, 2.45) is 10.7 Å². The van der Waals surface area contributed by atoms with Gasteiger partial charge in [-0.05, 0) is 38.5 Å². The van der Waals surface area contributed by atoms with Crippen LogP contribution in [0.25, 0.3) is 0 Å². The zero-order valence-corrected chi connectivity index (χ0v) is 10.2. The lowest BCUT2D eigenvalue weighted by atomic mass is 10.1. The van der Waals surface area contributed by atoms with Gasteiger partial charge in [-0.25, -0.2) is 0 Å². The maximum absolute atomic E-state index is 5.85. The average molecular weight is 225 g/mol. The molecule has 0 saturated heterocycles. The van der Waals surface area contributed by atoms with Crippen molar-refractivity contribution in [1.82, 2.24) is 0 Å². The molecule has 0 heterocycles. The summed E-state index contributed by atoms with van der Waals surface area (Å²) in [5, 5.41) is 0.741. The molecule has 0 aliphatic carbocycles. The highest BCUT2D eigenvalue weighted by Gasteiger charge is 2.08. The van der Waals surface area contributed by atoms with E-state index < -0.39 is 0 Å². The van der Waals surface area contributed by atoms with E-state index in [9.17, 15) is 0 Å². The first kappa shape index (κ1) is 12.1. The quantitative estimate of drug-likeness (QED) is 0.609. The molecule has 0 spiro atoms. The Morgan fingerprint density at radius 2 is 1.80 bits per heavy atom. The summed E-state index contributed by atoms with van der Waals surface area (Å²) in [5.41, 5.74) is 6.86. The maximum Gasteiger partial charge on any atom is 0.0987 e. The number of nitrogens with zero attached hydrogens (tertiary/aromatic N) is 1. The fraction of sp³-hybridized carbons (Fsp3) is 0.417. The SMILES string of the molecule is CC(C)(C)N=C(N)Cc1ccc(Cl)cc1. The largest absolute Gasteiger partial charge is 0.387 e. The monoisotopic (exact) mass is 224 g/mol. The molecule has 1 aromatic carbocycles. The summed E-state index contributed by atoms with van der Waals surface area (Å²) in [4.78, 5) is 4.39. The van der Waals surface area contributed by atoms with E-state index in [4.69, 9.17) is 17.3 Å². The summed E-state index contributed by atoms with van der Waals surface area (Å²) in [6, 6.07) is 7.66. The number of nitrogens with two attached hydrogens (primary N) is 1. The summed E-state index contributed by atoms with van der Waals surface area (Å²) >= 11 is 5.79. The van der Waals surface area contributed by atoms with E-state index in [1.165, 1.54) is 0 Å². The third-order valence-electron chi connectivity index (χ3n) is 1.78. The molecule has 82 valence electrons. The van der Waals surface area contributed by atoms with Crippen LogP contribution in [-0.2, 0) is 6.42 Å². The molecule has 2 nitrogen and oxygen atoms in total. The number of halogens is 1. The predicted molar refractivity (Wildman–Crippen MR) is 66.5 cm³/mol. The second kappa shape index (κ2) is 4.67. The molecule has 1 aromatic rings. The van der Waals surface area contributed by atoms with Crippen LogP contribution in [0.2, 0.25) is 5.02 Å². The molecule has 0 aromatic heterocycles. The van der Waals surface area contributed by atoms with Gasteiger partial charge in [0.15, 0.2) is 0 Å². The van der Waals surface area contributed by atoms with Crippen molar-refractivity contribution in [3.8, 4) is 0 Å². The predicted octanol–water partition coefficient (Wildman–Crippen LogP) is 3.04. The maximum atomic E-state index is 5.85. The van der Waals surface area contributed by atoms with Crippen molar-refractivity contribution in [2.45, 2.75) is 32.7 Å². The zero-order chi connectivity index (χ0) is 11.5. The first-order valence-corrected chi connectivity index (χ1v) is 5.33. The standard InChI is InChI=1S/C12H17ClN2/c1-12(2,3)15-11(14)8-9-4-6-10(13)7-5-9/h4-7H,8H2,1-3H3,(H2,14,15). The highest BCUT2D eigenvalue weighted by Crippen LogP contribution is 2.11. The van der Waals surface area contributed by atoms with Crippen molar-refractivity contribution in [3.05, 3.63) is 34.9 Å². The Morgan fingerprint density at radius 3 is 2.27 bits per heavy atom. The van der Waals surface area contributed by atoms with Gasteiger partial charge in [0.2, 0.25) is 0 Å². The van der Waals surface area contributed by atoms with Gasteiger partial charge in [-0.3, -0.25) is 4.99 Å². The van der Waals surface area contributed by atoms with Crippen LogP contribution in [0.5, 0.6) is 0 Å². The normalized spacial score (nSPS) is 12.9. The number of hydrogen-bond donors (Lipinski definition) is 1. The molecule has 0 bridgehead atoms. The van der Waals surface area contributed by atoms with Crippen LogP contribution in [0.15, 0.2) is 29.3 Å². The number of rotatable bonds is 2. The van der Waals surface area contributed by atoms with Crippen LogP contribution in [0.3, 0.4) is 0 Å². The van der Waals surface area contributed by atoms with Crippen molar-refractivity contribution in [3.63, 3.8) is 0 Å². The highest BCUT2D eigenvalue weighted by molar-refractivity contribution is 6.30. The molecule has 0 radical (unpaired) electrons. The third-order valence-corrected chi connectivity index (χ3v) is 2.03. The lowest BCUT2D eigenvalue weighted by molar-refractivity contribution is 0.581. The molecule has 0 unspecified atom stereocenters. The van der Waals surface area contributed by atoms with E-state index in [1.54, 1.807) is 0 Å². The van der Waals surface area contributed by atoms with Crippen LogP contribution < -0.4 is 5.73 Å². The number of aliphatic imine (C=N–C) groups is 1. The molecular formula is C12H17ClN2. The van der Waals surface area contributed by atoms with E-state index in [2.05, 4.69) is 4.99 Å². The summed E-state index contributed by atoms with van der Waals surface area (Å²) in [5.74, 6) is 0.657. The minimum absolute atomic E-state index is 0.115. The minimum atomic E-state index is -0.115. The van der Waals surface area contributed by atoms with Crippen molar-refractivity contribution in [2.75, 3.05) is 0 Å². The molecule has 0 aliphatic rings. The minimum Gasteiger partial charge on any atom is -0.387 e. The summed E-state index contributed by atoms with van der Waals surface area (Å²) in [6.45, 7) is 6.09. The Balaban J connectivity index is 2.70. The van der Waals surface area contributed by atoms with Gasteiger partial charge in [0.05, 0.1) is 11.4 Å². The molecule has 0 saturated carbocycles. The van der Waals surface area contributed by atoms with E-state index in [-0.39, 0.29) is 5.54 Å². The van der Waals surface area contributed by atoms with Gasteiger partial charge in [0, 0.05) is 11.4 Å². The Labute approximate surface area is 96.2 Å². The highest BCUT2D eigenvalue weighted by atomic mass is 35.5. The van der Waals surface area contributed by atoms with Crippen molar-refractivity contribution < 1.29 is 0 Å². The zero-order valence-electron chi connectivity index (χ0n) is 9.42. The summed E-state index contributed by atoms with van der Waals surface area (Å²) in [6.07, 6.45) is 0.675. The first-order valence-electron chi connectivity index (χ1n) is 4.95. The topological polar surface area (TPSA) is 38.4 Å². The second-order valence-corrected chi connectivity index (χ2v) is 5.01. The second-order valence-electron chi connectivity index (χ2n) is 4.58. The van der Waals surface area contributed by atoms with E-state index in [1.807, 2.05) is 45.0 Å². The van der Waals surface area contributed by atoms with Crippen molar-refractivity contribution >= 4 is 17.4 Å². The Bertz CT molecular complexity index is 347. The van der Waals surface area contributed by atoms with Crippen LogP contribution in [0.1, 0.15) is 26.3 Å². The Hall–Kier alpha value is -1.02. The molecule has 3 heteroatoms. The van der Waals surface area contributed by atoms with Gasteiger partial charge in [-0.15, -0.1) is 0 Å². The molecule has 2 N–H and O–H groups in total. The summed E-state index contributed by atoms with van der Waals surface area (Å²) in [7, 11) is 0. The van der Waals surface area contributed by atoms with Crippen LogP contribution in [0, 0.1) is 0 Å². The lowest BCUT2D eigenvalue weighted by Gasteiger charge is -2.13. The summed E-state index contributed by atoms with van der Waals surface area (Å²) < 4.78 is 0. The smallest absolute Gasteiger partial charge is 0.0987 e. The van der Waals surface area contributed by atoms with Gasteiger partial charge in [-0.1, -0.05) is 23.7 Å². The van der Waals surface area contributed by atoms with Crippen LogP contribution in [0.4, 0.5) is 0 Å². The fourth-order valence-corrected chi connectivity index (χ4v) is 1.41.